The minimum atomic E-state index is -0.490. The SMILES string of the molecule is COc1ccc([N+](=O)[O-])cc1-c1ccc(/C=N\NC(=O)c2cc(-c3ccccc3)nc3ccccc23)o1. The van der Waals surface area contributed by atoms with Crippen LogP contribution in [0.15, 0.2) is 101 Å². The molecule has 9 nitrogen and oxygen atoms in total. The third-order valence-corrected chi connectivity index (χ3v) is 5.67. The highest BCUT2D eigenvalue weighted by atomic mass is 16.6. The number of hydrogen-bond donors (Lipinski definition) is 1. The number of amides is 1. The smallest absolute Gasteiger partial charge is 0.272 e. The Hall–Kier alpha value is -5.31. The normalized spacial score (nSPS) is 11.1. The topological polar surface area (TPSA) is 120 Å². The molecule has 0 bridgehead atoms. The molecule has 0 atom stereocenters. The number of nitrogens with one attached hydrogen (secondary N) is 1. The van der Waals surface area contributed by atoms with E-state index < -0.39 is 10.8 Å². The molecule has 1 amide bonds. The number of non-ortho nitro benzene ring substituents is 1. The van der Waals surface area contributed by atoms with Crippen LogP contribution in [-0.4, -0.2) is 29.1 Å². The van der Waals surface area contributed by atoms with Crippen LogP contribution >= 0.6 is 0 Å². The summed E-state index contributed by atoms with van der Waals surface area (Å²) in [7, 11) is 1.47. The summed E-state index contributed by atoms with van der Waals surface area (Å²) < 4.78 is 11.1. The van der Waals surface area contributed by atoms with E-state index in [2.05, 4.69) is 10.5 Å². The van der Waals surface area contributed by atoms with Gasteiger partial charge in [-0.2, -0.15) is 5.10 Å². The van der Waals surface area contributed by atoms with Gasteiger partial charge in [0.2, 0.25) is 0 Å². The van der Waals surface area contributed by atoms with Crippen LogP contribution in [0.2, 0.25) is 0 Å². The van der Waals surface area contributed by atoms with E-state index in [1.165, 1.54) is 31.5 Å². The molecule has 0 saturated carbocycles. The number of nitrogens with zero attached hydrogens (tertiary/aromatic N) is 3. The van der Waals surface area contributed by atoms with Gasteiger partial charge in [0.25, 0.3) is 11.6 Å². The van der Waals surface area contributed by atoms with Crippen molar-refractivity contribution in [3.05, 3.63) is 112 Å². The number of hydrogen-bond acceptors (Lipinski definition) is 7. The lowest BCUT2D eigenvalue weighted by atomic mass is 10.0. The van der Waals surface area contributed by atoms with Gasteiger partial charge in [-0.05, 0) is 30.3 Å². The second kappa shape index (κ2) is 10.1. The third kappa shape index (κ3) is 4.92. The molecule has 182 valence electrons. The number of ether oxygens (including phenoxy) is 1. The van der Waals surface area contributed by atoms with Gasteiger partial charge in [-0.15, -0.1) is 0 Å². The molecule has 3 aromatic carbocycles. The summed E-state index contributed by atoms with van der Waals surface area (Å²) in [5.74, 6) is 0.726. The molecule has 0 spiro atoms. The summed E-state index contributed by atoms with van der Waals surface area (Å²) in [5, 5.41) is 15.9. The number of methoxy groups -OCH3 is 1. The zero-order valence-corrected chi connectivity index (χ0v) is 19.6. The first-order valence-corrected chi connectivity index (χ1v) is 11.2. The van der Waals surface area contributed by atoms with Gasteiger partial charge in [-0.25, -0.2) is 10.4 Å². The van der Waals surface area contributed by atoms with E-state index in [0.717, 1.165) is 5.56 Å². The maximum absolute atomic E-state index is 13.1. The zero-order valence-electron chi connectivity index (χ0n) is 19.6. The predicted octanol–water partition coefficient (Wildman–Crippen LogP) is 5.84. The Morgan fingerprint density at radius 2 is 1.81 bits per heavy atom. The number of aromatic nitrogens is 1. The molecule has 0 unspecified atom stereocenters. The summed E-state index contributed by atoms with van der Waals surface area (Å²) in [6, 6.07) is 26.3. The number of carbonyl (C=O) groups is 1. The fraction of sp³-hybridized carbons (Fsp3) is 0.0357. The number of furan rings is 1. The van der Waals surface area contributed by atoms with Crippen molar-refractivity contribution < 1.29 is 18.9 Å². The van der Waals surface area contributed by atoms with E-state index in [-0.39, 0.29) is 5.69 Å². The van der Waals surface area contributed by atoms with Crippen molar-refractivity contribution in [2.45, 2.75) is 0 Å². The van der Waals surface area contributed by atoms with Crippen LogP contribution in [0, 0.1) is 10.1 Å². The van der Waals surface area contributed by atoms with Gasteiger partial charge in [-0.1, -0.05) is 48.5 Å². The van der Waals surface area contributed by atoms with Crippen LogP contribution in [0.3, 0.4) is 0 Å². The summed E-state index contributed by atoms with van der Waals surface area (Å²) in [5.41, 5.74) is 5.58. The second-order valence-corrected chi connectivity index (χ2v) is 7.98. The molecule has 0 radical (unpaired) electrons. The minimum absolute atomic E-state index is 0.0888. The average molecular weight is 492 g/mol. The lowest BCUT2D eigenvalue weighted by Crippen LogP contribution is -2.18. The van der Waals surface area contributed by atoms with Gasteiger partial charge >= 0.3 is 0 Å². The number of benzene rings is 3. The summed E-state index contributed by atoms with van der Waals surface area (Å²) in [6.45, 7) is 0. The highest BCUT2D eigenvalue weighted by Crippen LogP contribution is 2.34. The van der Waals surface area contributed by atoms with Gasteiger partial charge in [0, 0.05) is 23.1 Å². The van der Waals surface area contributed by atoms with Gasteiger partial charge in [0.05, 0.1) is 40.6 Å². The van der Waals surface area contributed by atoms with Gasteiger partial charge in [-0.3, -0.25) is 14.9 Å². The predicted molar refractivity (Wildman–Crippen MR) is 140 cm³/mol. The average Bonchev–Trinajstić information content (AvgIpc) is 3.41. The van der Waals surface area contributed by atoms with Crippen molar-refractivity contribution >= 4 is 28.7 Å². The number of para-hydroxylation sites is 1. The van der Waals surface area contributed by atoms with Gasteiger partial charge in [0.15, 0.2) is 0 Å². The zero-order chi connectivity index (χ0) is 25.8. The second-order valence-electron chi connectivity index (χ2n) is 7.98. The fourth-order valence-electron chi connectivity index (χ4n) is 3.90. The monoisotopic (exact) mass is 492 g/mol. The van der Waals surface area contributed by atoms with Crippen molar-refractivity contribution in [1.29, 1.82) is 0 Å². The number of hydrazone groups is 1. The molecule has 9 heteroatoms. The third-order valence-electron chi connectivity index (χ3n) is 5.67. The standard InChI is InChI=1S/C28H20N4O5/c1-36-26-13-11-19(32(34)35)15-23(26)27-14-12-20(37-27)17-29-31-28(33)22-16-25(18-7-3-2-4-8-18)30-24-10-6-5-9-21(22)24/h2-17H,1H3,(H,31,33)/b29-17-. The number of rotatable bonds is 7. The molecule has 37 heavy (non-hydrogen) atoms. The van der Waals surface area contributed by atoms with Crippen LogP contribution in [0.4, 0.5) is 5.69 Å². The molecular weight excluding hydrogens is 472 g/mol. The molecule has 2 aromatic heterocycles. The van der Waals surface area contributed by atoms with E-state index in [4.69, 9.17) is 14.1 Å². The Balaban J connectivity index is 1.39. The van der Waals surface area contributed by atoms with E-state index >= 15 is 0 Å². The molecule has 0 fully saturated rings. The summed E-state index contributed by atoms with van der Waals surface area (Å²) in [6.07, 6.45) is 1.35. The molecule has 0 saturated heterocycles. The fourth-order valence-corrected chi connectivity index (χ4v) is 3.90. The molecule has 5 aromatic rings. The Morgan fingerprint density at radius 1 is 1.03 bits per heavy atom. The molecule has 0 aliphatic heterocycles. The van der Waals surface area contributed by atoms with Crippen molar-refractivity contribution in [3.8, 4) is 28.3 Å². The van der Waals surface area contributed by atoms with Crippen LogP contribution in [0.5, 0.6) is 5.75 Å². The molecule has 5 rings (SSSR count). The summed E-state index contributed by atoms with van der Waals surface area (Å²) >= 11 is 0. The molecule has 0 aliphatic rings. The molecule has 0 aliphatic carbocycles. The first-order valence-electron chi connectivity index (χ1n) is 11.2. The Kier molecular flexibility index (Phi) is 6.41. The Bertz CT molecular complexity index is 1640. The van der Waals surface area contributed by atoms with Crippen LogP contribution in [0.1, 0.15) is 16.1 Å². The Labute approximate surface area is 211 Å². The molecule has 1 N–H and O–H groups in total. The quantitative estimate of drug-likeness (QED) is 0.173. The van der Waals surface area contributed by atoms with Gasteiger partial charge in [0.1, 0.15) is 17.3 Å². The lowest BCUT2D eigenvalue weighted by Gasteiger charge is -2.09. The van der Waals surface area contributed by atoms with Crippen molar-refractivity contribution in [2.75, 3.05) is 7.11 Å². The minimum Gasteiger partial charge on any atom is -0.496 e. The first kappa shape index (κ1) is 23.4. The molecule has 2 heterocycles. The Morgan fingerprint density at radius 3 is 2.59 bits per heavy atom. The van der Waals surface area contributed by atoms with Crippen molar-refractivity contribution in [1.82, 2.24) is 10.4 Å². The van der Waals surface area contributed by atoms with Crippen LogP contribution in [0.25, 0.3) is 33.5 Å². The number of carbonyl (C=O) groups excluding carboxylic acids is 1. The highest BCUT2D eigenvalue weighted by Gasteiger charge is 2.16. The van der Waals surface area contributed by atoms with E-state index in [9.17, 15) is 14.9 Å². The van der Waals surface area contributed by atoms with Crippen molar-refractivity contribution in [3.63, 3.8) is 0 Å². The maximum Gasteiger partial charge on any atom is 0.272 e. The van der Waals surface area contributed by atoms with Crippen LogP contribution in [-0.2, 0) is 0 Å². The number of nitro benzene ring substituents is 1. The maximum atomic E-state index is 13.1. The number of pyridine rings is 1. The highest BCUT2D eigenvalue weighted by molar-refractivity contribution is 6.07. The number of fused-ring (bicyclic) bond motifs is 1. The first-order chi connectivity index (χ1) is 18.0. The van der Waals surface area contributed by atoms with Crippen LogP contribution < -0.4 is 10.2 Å². The lowest BCUT2D eigenvalue weighted by molar-refractivity contribution is -0.384. The largest absolute Gasteiger partial charge is 0.496 e. The summed E-state index contributed by atoms with van der Waals surface area (Å²) in [4.78, 5) is 28.4. The van der Waals surface area contributed by atoms with Gasteiger partial charge < -0.3 is 9.15 Å². The molecular formula is C28H20N4O5. The van der Waals surface area contributed by atoms with E-state index in [0.29, 0.717) is 45.0 Å². The van der Waals surface area contributed by atoms with E-state index in [1.807, 2.05) is 54.6 Å². The van der Waals surface area contributed by atoms with Crippen molar-refractivity contribution in [2.24, 2.45) is 5.10 Å². The van der Waals surface area contributed by atoms with E-state index in [1.54, 1.807) is 18.2 Å². The number of nitro groups is 1.